The summed E-state index contributed by atoms with van der Waals surface area (Å²) in [4.78, 5) is 17.9. The average Bonchev–Trinajstić information content (AvgIpc) is 2.83. The Morgan fingerprint density at radius 1 is 1.03 bits per heavy atom. The van der Waals surface area contributed by atoms with Gasteiger partial charge in [-0.15, -0.1) is 0 Å². The van der Waals surface area contributed by atoms with Crippen LogP contribution in [0.4, 0.5) is 0 Å². The van der Waals surface area contributed by atoms with Gasteiger partial charge in [-0.3, -0.25) is 4.79 Å². The average molecular weight is 569 g/mol. The molecule has 0 aliphatic rings. The first kappa shape index (κ1) is 23.4. The molecule has 4 aromatic rings. The molecule has 0 spiro atoms. The molecule has 0 saturated carbocycles. The van der Waals surface area contributed by atoms with Gasteiger partial charge in [0.2, 0.25) is 0 Å². The number of ether oxygens (including phenoxy) is 1. The van der Waals surface area contributed by atoms with E-state index in [-0.39, 0.29) is 11.5 Å². The van der Waals surface area contributed by atoms with E-state index in [9.17, 15) is 4.79 Å². The van der Waals surface area contributed by atoms with Gasteiger partial charge in [0.1, 0.15) is 18.2 Å². The molecule has 0 amide bonds. The number of fused-ring (bicyclic) bond motifs is 1. The Bertz CT molecular complexity index is 1350. The molecule has 0 radical (unpaired) electrons. The van der Waals surface area contributed by atoms with Gasteiger partial charge in [0, 0.05) is 14.9 Å². The van der Waals surface area contributed by atoms with Gasteiger partial charge >= 0.3 is 0 Å². The number of rotatable bonds is 7. The monoisotopic (exact) mass is 567 g/mol. The van der Waals surface area contributed by atoms with Crippen molar-refractivity contribution in [1.82, 2.24) is 9.66 Å². The van der Waals surface area contributed by atoms with Crippen LogP contribution in [0.1, 0.15) is 43.1 Å². The first-order valence-corrected chi connectivity index (χ1v) is 12.3. The molecule has 5 nitrogen and oxygen atoms in total. The smallest absolute Gasteiger partial charge is 0.282 e. The Labute approximate surface area is 209 Å². The summed E-state index contributed by atoms with van der Waals surface area (Å²) >= 11 is 6.87. The molecule has 0 unspecified atom stereocenters. The van der Waals surface area contributed by atoms with Crippen molar-refractivity contribution in [2.24, 2.45) is 5.10 Å². The Morgan fingerprint density at radius 3 is 2.42 bits per heavy atom. The third-order valence-electron chi connectivity index (χ3n) is 5.41. The molecule has 7 heteroatoms. The maximum atomic E-state index is 13.2. The summed E-state index contributed by atoms with van der Waals surface area (Å²) < 4.78 is 9.16. The van der Waals surface area contributed by atoms with Crippen molar-refractivity contribution in [1.29, 1.82) is 0 Å². The fourth-order valence-corrected chi connectivity index (χ4v) is 3.93. The van der Waals surface area contributed by atoms with E-state index in [1.807, 2.05) is 60.7 Å². The minimum Gasteiger partial charge on any atom is -0.489 e. The molecular weight excluding hydrogens is 546 g/mol. The highest BCUT2D eigenvalue weighted by Gasteiger charge is 2.15. The van der Waals surface area contributed by atoms with E-state index < -0.39 is 0 Å². The molecule has 1 aromatic heterocycles. The summed E-state index contributed by atoms with van der Waals surface area (Å²) in [6.45, 7) is 4.62. The van der Waals surface area contributed by atoms with Crippen molar-refractivity contribution >= 4 is 49.0 Å². The molecule has 3 aromatic carbocycles. The zero-order chi connectivity index (χ0) is 23.4. The summed E-state index contributed by atoms with van der Waals surface area (Å²) in [5.41, 5.74) is 2.46. The van der Waals surface area contributed by atoms with E-state index in [0.717, 1.165) is 32.2 Å². The molecule has 0 N–H and O–H groups in total. The van der Waals surface area contributed by atoms with Crippen molar-refractivity contribution in [2.45, 2.75) is 32.8 Å². The maximum absolute atomic E-state index is 13.2. The van der Waals surface area contributed by atoms with Crippen LogP contribution in [0.2, 0.25) is 0 Å². The minimum atomic E-state index is -0.178. The third-order valence-corrected chi connectivity index (χ3v) is 6.43. The van der Waals surface area contributed by atoms with Crippen LogP contribution in [-0.4, -0.2) is 15.9 Å². The van der Waals surface area contributed by atoms with Gasteiger partial charge in [-0.25, -0.2) is 4.98 Å². The molecule has 168 valence electrons. The van der Waals surface area contributed by atoms with Crippen molar-refractivity contribution < 1.29 is 4.74 Å². The second kappa shape index (κ2) is 10.4. The second-order valence-corrected chi connectivity index (χ2v) is 9.62. The molecule has 1 atom stereocenters. The maximum Gasteiger partial charge on any atom is 0.282 e. The Kier molecular flexibility index (Phi) is 7.40. The minimum absolute atomic E-state index is 0.0947. The molecule has 1 heterocycles. The lowest BCUT2D eigenvalue weighted by Gasteiger charge is -2.14. The molecule has 4 rings (SSSR count). The topological polar surface area (TPSA) is 56.5 Å². The molecular formula is C26H23Br2N3O2. The summed E-state index contributed by atoms with van der Waals surface area (Å²) in [5.74, 6) is 1.52. The molecule has 0 fully saturated rings. The first-order valence-electron chi connectivity index (χ1n) is 10.7. The molecule has 0 saturated heterocycles. The number of hydrogen-bond acceptors (Lipinski definition) is 4. The first-order chi connectivity index (χ1) is 15.9. The van der Waals surface area contributed by atoms with Gasteiger partial charge < -0.3 is 4.74 Å². The fourth-order valence-electron chi connectivity index (χ4n) is 3.30. The van der Waals surface area contributed by atoms with Crippen LogP contribution in [0.3, 0.4) is 0 Å². The van der Waals surface area contributed by atoms with Gasteiger partial charge in [0.05, 0.1) is 17.1 Å². The van der Waals surface area contributed by atoms with Gasteiger partial charge in [-0.1, -0.05) is 57.8 Å². The van der Waals surface area contributed by atoms with Crippen LogP contribution in [0.15, 0.2) is 85.6 Å². The van der Waals surface area contributed by atoms with Crippen LogP contribution in [0.25, 0.3) is 10.9 Å². The lowest BCUT2D eigenvalue weighted by atomic mass is 10.1. The Hall–Kier alpha value is -2.77. The van der Waals surface area contributed by atoms with Crippen LogP contribution in [0.5, 0.6) is 5.75 Å². The normalized spacial score (nSPS) is 12.4. The lowest BCUT2D eigenvalue weighted by Crippen LogP contribution is -2.23. The molecule has 0 aliphatic heterocycles. The summed E-state index contributed by atoms with van der Waals surface area (Å²) in [5, 5.41) is 5.05. The Morgan fingerprint density at radius 2 is 1.73 bits per heavy atom. The van der Waals surface area contributed by atoms with E-state index in [1.54, 1.807) is 12.3 Å². The largest absolute Gasteiger partial charge is 0.489 e. The van der Waals surface area contributed by atoms with Crippen LogP contribution in [-0.2, 0) is 6.61 Å². The van der Waals surface area contributed by atoms with Gasteiger partial charge in [-0.2, -0.15) is 9.78 Å². The summed E-state index contributed by atoms with van der Waals surface area (Å²) in [7, 11) is 0. The van der Waals surface area contributed by atoms with E-state index in [0.29, 0.717) is 23.3 Å². The summed E-state index contributed by atoms with van der Waals surface area (Å²) in [6.07, 6.45) is 2.53. The molecule has 0 bridgehead atoms. The zero-order valence-electron chi connectivity index (χ0n) is 18.3. The number of halogens is 2. The van der Waals surface area contributed by atoms with Crippen LogP contribution >= 0.6 is 31.9 Å². The SMILES string of the molecule is CC[C@H](C)c1nc2ccc(Br)cc2c(=O)n1N=Cc1ccc(OCc2ccc(Br)cc2)cc1. The van der Waals surface area contributed by atoms with E-state index >= 15 is 0 Å². The van der Waals surface area contributed by atoms with E-state index in [2.05, 4.69) is 50.8 Å². The number of aromatic nitrogens is 2. The standard InChI is InChI=1S/C26H23Br2N3O2/c1-3-17(2)25-30-24-13-10-21(28)14-23(24)26(32)31(25)29-15-18-6-11-22(12-7-18)33-16-19-4-8-20(27)9-5-19/h4-15,17H,3,16H2,1-2H3/t17-/m0/s1. The predicted octanol–water partition coefficient (Wildman–Crippen LogP) is 6.90. The molecule has 33 heavy (non-hydrogen) atoms. The molecule has 0 aliphatic carbocycles. The van der Waals surface area contributed by atoms with Gasteiger partial charge in [0.15, 0.2) is 0 Å². The summed E-state index contributed by atoms with van der Waals surface area (Å²) in [6, 6.07) is 21.2. The van der Waals surface area contributed by atoms with Crippen molar-refractivity contribution in [3.05, 3.63) is 103 Å². The van der Waals surface area contributed by atoms with Crippen LogP contribution < -0.4 is 10.3 Å². The van der Waals surface area contributed by atoms with E-state index in [4.69, 9.17) is 9.72 Å². The van der Waals surface area contributed by atoms with Crippen molar-refractivity contribution in [3.63, 3.8) is 0 Å². The van der Waals surface area contributed by atoms with Crippen molar-refractivity contribution in [3.8, 4) is 5.75 Å². The third kappa shape index (κ3) is 5.60. The van der Waals surface area contributed by atoms with E-state index in [1.165, 1.54) is 4.68 Å². The highest BCUT2D eigenvalue weighted by atomic mass is 79.9. The fraction of sp³-hybridized carbons (Fsp3) is 0.192. The quantitative estimate of drug-likeness (QED) is 0.228. The predicted molar refractivity (Wildman–Crippen MR) is 140 cm³/mol. The van der Waals surface area contributed by atoms with Crippen molar-refractivity contribution in [2.75, 3.05) is 0 Å². The number of hydrogen-bond donors (Lipinski definition) is 0. The highest BCUT2D eigenvalue weighted by Crippen LogP contribution is 2.21. The second-order valence-electron chi connectivity index (χ2n) is 7.79. The number of benzene rings is 3. The van der Waals surface area contributed by atoms with Gasteiger partial charge in [-0.05, 0) is 72.1 Å². The van der Waals surface area contributed by atoms with Gasteiger partial charge in [0.25, 0.3) is 5.56 Å². The zero-order valence-corrected chi connectivity index (χ0v) is 21.5. The number of nitrogens with zero attached hydrogens (tertiary/aromatic N) is 3. The lowest BCUT2D eigenvalue weighted by molar-refractivity contribution is 0.306. The Balaban J connectivity index is 1.57. The van der Waals surface area contributed by atoms with Crippen LogP contribution in [0, 0.1) is 0 Å². The highest BCUT2D eigenvalue weighted by molar-refractivity contribution is 9.10.